The Kier molecular flexibility index (Phi) is 5.64. The molecule has 0 bridgehead atoms. The Bertz CT molecular complexity index is 456. The molecule has 1 fully saturated rings. The van der Waals surface area contributed by atoms with Gasteiger partial charge in [-0.1, -0.05) is 30.3 Å². The average molecular weight is 298 g/mol. The molecule has 2 rings (SSSR count). The number of aliphatic hydroxyl groups excluding tert-OH is 1. The van der Waals surface area contributed by atoms with E-state index in [1.165, 1.54) is 0 Å². The first-order chi connectivity index (χ1) is 10.1. The maximum absolute atomic E-state index is 12.4. The monoisotopic (exact) mass is 298 g/mol. The summed E-state index contributed by atoms with van der Waals surface area (Å²) < 4.78 is 24.7. The van der Waals surface area contributed by atoms with Gasteiger partial charge in [-0.3, -0.25) is 9.69 Å². The van der Waals surface area contributed by atoms with Crippen molar-refractivity contribution >= 4 is 5.91 Å². The molecule has 0 aliphatic carbocycles. The Morgan fingerprint density at radius 3 is 2.71 bits per heavy atom. The molecule has 2 atom stereocenters. The van der Waals surface area contributed by atoms with Crippen LogP contribution < -0.4 is 5.32 Å². The fourth-order valence-electron chi connectivity index (χ4n) is 2.68. The lowest BCUT2D eigenvalue weighted by molar-refractivity contribution is -0.133. The summed E-state index contributed by atoms with van der Waals surface area (Å²) in [5.74, 6) is -1.43. The second-order valence-electron chi connectivity index (χ2n) is 5.37. The predicted octanol–water partition coefficient (Wildman–Crippen LogP) is 1.25. The van der Waals surface area contributed by atoms with Crippen molar-refractivity contribution in [3.8, 4) is 0 Å². The second kappa shape index (κ2) is 7.47. The number of amides is 1. The van der Waals surface area contributed by atoms with Crippen LogP contribution in [0.4, 0.5) is 8.78 Å². The Hall–Kier alpha value is -1.53. The lowest BCUT2D eigenvalue weighted by atomic mass is 9.92. The van der Waals surface area contributed by atoms with E-state index in [0.29, 0.717) is 19.5 Å². The molecule has 116 valence electrons. The van der Waals surface area contributed by atoms with Gasteiger partial charge in [-0.05, 0) is 18.5 Å². The first kappa shape index (κ1) is 15.9. The largest absolute Gasteiger partial charge is 0.396 e. The van der Waals surface area contributed by atoms with E-state index in [-0.39, 0.29) is 12.5 Å². The zero-order valence-corrected chi connectivity index (χ0v) is 11.7. The fourth-order valence-corrected chi connectivity index (χ4v) is 2.68. The number of hydrogen-bond donors (Lipinski definition) is 2. The van der Waals surface area contributed by atoms with Crippen molar-refractivity contribution in [2.24, 2.45) is 5.92 Å². The Morgan fingerprint density at radius 1 is 1.38 bits per heavy atom. The molecule has 0 spiro atoms. The summed E-state index contributed by atoms with van der Waals surface area (Å²) in [6.45, 7) is 1.85. The number of nitrogens with zero attached hydrogens (tertiary/aromatic N) is 1. The molecule has 1 aromatic rings. The SMILES string of the molecule is O=C(N[C@H]1CN(Cc2ccccc2)CC[C@H]1CO)C(F)F. The lowest BCUT2D eigenvalue weighted by Crippen LogP contribution is -2.54. The highest BCUT2D eigenvalue weighted by molar-refractivity contribution is 5.79. The van der Waals surface area contributed by atoms with Gasteiger partial charge in [0.15, 0.2) is 0 Å². The van der Waals surface area contributed by atoms with E-state index >= 15 is 0 Å². The van der Waals surface area contributed by atoms with Gasteiger partial charge >= 0.3 is 6.43 Å². The van der Waals surface area contributed by atoms with E-state index in [0.717, 1.165) is 12.1 Å². The summed E-state index contributed by atoms with van der Waals surface area (Å²) in [6.07, 6.45) is -2.34. The van der Waals surface area contributed by atoms with Crippen molar-refractivity contribution in [2.75, 3.05) is 19.7 Å². The Labute approximate surface area is 122 Å². The van der Waals surface area contributed by atoms with Gasteiger partial charge < -0.3 is 10.4 Å². The molecule has 0 unspecified atom stereocenters. The molecular weight excluding hydrogens is 278 g/mol. The zero-order valence-electron chi connectivity index (χ0n) is 11.7. The smallest absolute Gasteiger partial charge is 0.315 e. The summed E-state index contributed by atoms with van der Waals surface area (Å²) in [6, 6.07) is 9.41. The third kappa shape index (κ3) is 4.47. The summed E-state index contributed by atoms with van der Waals surface area (Å²) in [7, 11) is 0. The predicted molar refractivity (Wildman–Crippen MR) is 74.8 cm³/mol. The summed E-state index contributed by atoms with van der Waals surface area (Å²) in [5, 5.41) is 11.7. The van der Waals surface area contributed by atoms with Crippen LogP contribution in [0.2, 0.25) is 0 Å². The molecule has 1 heterocycles. The van der Waals surface area contributed by atoms with E-state index in [9.17, 15) is 18.7 Å². The molecule has 21 heavy (non-hydrogen) atoms. The van der Waals surface area contributed by atoms with Crippen molar-refractivity contribution in [3.63, 3.8) is 0 Å². The van der Waals surface area contributed by atoms with Gasteiger partial charge in [0.05, 0.1) is 0 Å². The molecule has 1 aromatic carbocycles. The molecule has 1 aliphatic heterocycles. The molecule has 1 amide bonds. The number of hydrogen-bond acceptors (Lipinski definition) is 3. The first-order valence-corrected chi connectivity index (χ1v) is 7.06. The van der Waals surface area contributed by atoms with Gasteiger partial charge in [-0.25, -0.2) is 0 Å². The minimum Gasteiger partial charge on any atom is -0.396 e. The number of piperidine rings is 1. The molecule has 4 nitrogen and oxygen atoms in total. The Balaban J connectivity index is 1.96. The normalized spacial score (nSPS) is 23.2. The highest BCUT2D eigenvalue weighted by Crippen LogP contribution is 2.19. The number of aliphatic hydroxyl groups is 1. The zero-order chi connectivity index (χ0) is 15.2. The van der Waals surface area contributed by atoms with Crippen LogP contribution in [0.5, 0.6) is 0 Å². The van der Waals surface area contributed by atoms with E-state index in [2.05, 4.69) is 10.2 Å². The molecule has 6 heteroatoms. The second-order valence-corrected chi connectivity index (χ2v) is 5.37. The van der Waals surface area contributed by atoms with E-state index in [1.54, 1.807) is 0 Å². The number of nitrogens with one attached hydrogen (secondary N) is 1. The van der Waals surface area contributed by atoms with Crippen LogP contribution in [0.15, 0.2) is 30.3 Å². The van der Waals surface area contributed by atoms with Crippen LogP contribution in [-0.4, -0.2) is 48.1 Å². The molecule has 1 saturated heterocycles. The van der Waals surface area contributed by atoms with Gasteiger partial charge in [-0.2, -0.15) is 8.78 Å². The highest BCUT2D eigenvalue weighted by Gasteiger charge is 2.31. The van der Waals surface area contributed by atoms with Gasteiger partial charge in [0.2, 0.25) is 0 Å². The van der Waals surface area contributed by atoms with Gasteiger partial charge in [-0.15, -0.1) is 0 Å². The van der Waals surface area contributed by atoms with Crippen LogP contribution in [0.1, 0.15) is 12.0 Å². The number of benzene rings is 1. The highest BCUT2D eigenvalue weighted by atomic mass is 19.3. The number of alkyl halides is 2. The van der Waals surface area contributed by atoms with E-state index < -0.39 is 18.4 Å². The van der Waals surface area contributed by atoms with E-state index in [1.807, 2.05) is 30.3 Å². The Morgan fingerprint density at radius 2 is 2.10 bits per heavy atom. The number of carbonyl (C=O) groups is 1. The molecular formula is C15H20F2N2O2. The average Bonchev–Trinajstić information content (AvgIpc) is 2.48. The quantitative estimate of drug-likeness (QED) is 0.860. The van der Waals surface area contributed by atoms with Crippen molar-refractivity contribution in [1.82, 2.24) is 10.2 Å². The molecule has 1 aliphatic rings. The topological polar surface area (TPSA) is 52.6 Å². The molecule has 0 saturated carbocycles. The maximum Gasteiger partial charge on any atom is 0.315 e. The van der Waals surface area contributed by atoms with Gasteiger partial charge in [0, 0.05) is 31.7 Å². The van der Waals surface area contributed by atoms with E-state index in [4.69, 9.17) is 0 Å². The van der Waals surface area contributed by atoms with Crippen LogP contribution in [0, 0.1) is 5.92 Å². The maximum atomic E-state index is 12.4. The van der Waals surface area contributed by atoms with Crippen LogP contribution >= 0.6 is 0 Å². The van der Waals surface area contributed by atoms with Crippen LogP contribution in [0.3, 0.4) is 0 Å². The van der Waals surface area contributed by atoms with Gasteiger partial charge in [0.1, 0.15) is 0 Å². The summed E-state index contributed by atoms with van der Waals surface area (Å²) in [4.78, 5) is 13.3. The van der Waals surface area contributed by atoms with Gasteiger partial charge in [0.25, 0.3) is 5.91 Å². The van der Waals surface area contributed by atoms with Crippen LogP contribution in [-0.2, 0) is 11.3 Å². The number of halogens is 2. The third-order valence-electron chi connectivity index (χ3n) is 3.85. The molecule has 2 N–H and O–H groups in total. The summed E-state index contributed by atoms with van der Waals surface area (Å²) >= 11 is 0. The van der Waals surface area contributed by atoms with Crippen molar-refractivity contribution < 1.29 is 18.7 Å². The van der Waals surface area contributed by atoms with Crippen molar-refractivity contribution in [2.45, 2.75) is 25.4 Å². The number of rotatable bonds is 5. The first-order valence-electron chi connectivity index (χ1n) is 7.06. The van der Waals surface area contributed by atoms with Crippen LogP contribution in [0.25, 0.3) is 0 Å². The van der Waals surface area contributed by atoms with Crippen molar-refractivity contribution in [1.29, 1.82) is 0 Å². The molecule has 0 radical (unpaired) electrons. The number of carbonyl (C=O) groups excluding carboxylic acids is 1. The minimum atomic E-state index is -3.02. The summed E-state index contributed by atoms with van der Waals surface area (Å²) in [5.41, 5.74) is 1.14. The minimum absolute atomic E-state index is 0.104. The third-order valence-corrected chi connectivity index (χ3v) is 3.85. The standard InChI is InChI=1S/C15H20F2N2O2/c16-14(17)15(21)18-13-9-19(7-6-12(13)10-20)8-11-4-2-1-3-5-11/h1-5,12-14,20H,6-10H2,(H,18,21)/t12-,13-/m0/s1. The van der Waals surface area contributed by atoms with Crippen molar-refractivity contribution in [3.05, 3.63) is 35.9 Å². The number of likely N-dealkylation sites (tertiary alicyclic amines) is 1. The lowest BCUT2D eigenvalue weighted by Gasteiger charge is -2.38. The fraction of sp³-hybridized carbons (Fsp3) is 0.533. The molecule has 0 aromatic heterocycles.